The molecule has 0 spiro atoms. The number of aliphatic hydroxyl groups excluding tert-OH is 1. The normalized spacial score (nSPS) is 31.9. The third-order valence-corrected chi connectivity index (χ3v) is 6.58. The number of nitrogens with zero attached hydrogens (tertiary/aromatic N) is 3. The number of sulfone groups is 1. The van der Waals surface area contributed by atoms with Crippen molar-refractivity contribution >= 4 is 9.84 Å². The van der Waals surface area contributed by atoms with Crippen LogP contribution in [0.5, 0.6) is 0 Å². The molecule has 1 aliphatic heterocycles. The second-order valence-electron chi connectivity index (χ2n) is 6.69. The first kappa shape index (κ1) is 15.8. The summed E-state index contributed by atoms with van der Waals surface area (Å²) in [5.74, 6) is 1.41. The van der Waals surface area contributed by atoms with Gasteiger partial charge < -0.3 is 9.52 Å². The molecule has 2 fully saturated rings. The van der Waals surface area contributed by atoms with E-state index in [9.17, 15) is 12.8 Å². The van der Waals surface area contributed by atoms with E-state index in [1.54, 1.807) is 16.8 Å². The van der Waals surface area contributed by atoms with Gasteiger partial charge in [0.05, 0.1) is 30.4 Å². The highest BCUT2D eigenvalue weighted by atomic mass is 32.2. The average Bonchev–Trinajstić information content (AvgIpc) is 3.21. The van der Waals surface area contributed by atoms with Crippen LogP contribution >= 0.6 is 0 Å². The van der Waals surface area contributed by atoms with Gasteiger partial charge in [0.25, 0.3) is 0 Å². The molecule has 1 saturated heterocycles. The molecule has 2 aliphatic rings. The fourth-order valence-corrected chi connectivity index (χ4v) is 5.19. The average molecular weight is 355 g/mol. The third-order valence-electron chi connectivity index (χ3n) is 4.83. The maximum atomic E-state index is 14.1. The third kappa shape index (κ3) is 2.65. The fraction of sp³-hybridized carbons (Fsp3) is 0.600. The van der Waals surface area contributed by atoms with Crippen LogP contribution in [0.2, 0.25) is 0 Å². The molecule has 2 aromatic heterocycles. The van der Waals surface area contributed by atoms with Gasteiger partial charge in [0, 0.05) is 5.92 Å². The van der Waals surface area contributed by atoms with Gasteiger partial charge in [-0.2, -0.15) is 0 Å². The van der Waals surface area contributed by atoms with Crippen LogP contribution in [-0.4, -0.2) is 52.1 Å². The zero-order valence-electron chi connectivity index (χ0n) is 12.9. The predicted molar refractivity (Wildman–Crippen MR) is 82.9 cm³/mol. The van der Waals surface area contributed by atoms with Gasteiger partial charge in [-0.3, -0.25) is 0 Å². The van der Waals surface area contributed by atoms with Crippen LogP contribution in [0, 0.1) is 0 Å². The first-order valence-electron chi connectivity index (χ1n) is 7.90. The van der Waals surface area contributed by atoms with Crippen molar-refractivity contribution in [2.45, 2.75) is 36.9 Å². The minimum atomic E-state index is -3.07. The Morgan fingerprint density at radius 1 is 1.46 bits per heavy atom. The van der Waals surface area contributed by atoms with Crippen molar-refractivity contribution in [1.82, 2.24) is 14.8 Å². The highest BCUT2D eigenvalue weighted by molar-refractivity contribution is 7.91. The van der Waals surface area contributed by atoms with Gasteiger partial charge in [-0.05, 0) is 31.4 Å². The molecule has 1 unspecified atom stereocenters. The molecule has 0 amide bonds. The molecule has 4 rings (SSSR count). The first-order valence-corrected chi connectivity index (χ1v) is 9.72. The van der Waals surface area contributed by atoms with Crippen LogP contribution < -0.4 is 0 Å². The second kappa shape index (κ2) is 5.38. The lowest BCUT2D eigenvalue weighted by atomic mass is 9.72. The fourth-order valence-electron chi connectivity index (χ4n) is 3.50. The summed E-state index contributed by atoms with van der Waals surface area (Å²) >= 11 is 0. The Hall–Kier alpha value is -1.74. The van der Waals surface area contributed by atoms with E-state index in [2.05, 4.69) is 10.1 Å². The lowest BCUT2D eigenvalue weighted by Gasteiger charge is -2.39. The van der Waals surface area contributed by atoms with Crippen molar-refractivity contribution in [3.8, 4) is 11.6 Å². The zero-order chi connectivity index (χ0) is 16.9. The topological polar surface area (TPSA) is 98.2 Å². The highest BCUT2D eigenvalue weighted by Gasteiger charge is 2.48. The standard InChI is InChI=1S/C15H18FN3O4S/c16-15(9-20)6-10(7-15)14-17-13(12-2-1-4-23-12)18-19(14)11-3-5-24(21,22)8-11/h1-2,4,10-11,20H,3,5-9H2. The smallest absolute Gasteiger partial charge is 0.217 e. The van der Waals surface area contributed by atoms with Crippen molar-refractivity contribution in [3.63, 3.8) is 0 Å². The molecule has 2 aromatic rings. The number of furan rings is 1. The minimum Gasteiger partial charge on any atom is -0.461 e. The SMILES string of the molecule is O=S1(=O)CCC(n2nc(-c3ccco3)nc2C2CC(F)(CO)C2)C1. The van der Waals surface area contributed by atoms with Crippen molar-refractivity contribution in [3.05, 3.63) is 24.2 Å². The van der Waals surface area contributed by atoms with Crippen molar-refractivity contribution < 1.29 is 22.3 Å². The lowest BCUT2D eigenvalue weighted by molar-refractivity contribution is -0.0171. The number of hydrogen-bond acceptors (Lipinski definition) is 6. The Labute approximate surface area is 138 Å². The van der Waals surface area contributed by atoms with Crippen molar-refractivity contribution in [2.24, 2.45) is 0 Å². The van der Waals surface area contributed by atoms with E-state index in [1.165, 1.54) is 6.26 Å². The largest absolute Gasteiger partial charge is 0.461 e. The van der Waals surface area contributed by atoms with Crippen molar-refractivity contribution in [1.29, 1.82) is 0 Å². The predicted octanol–water partition coefficient (Wildman–Crippen LogP) is 1.48. The molecule has 0 bridgehead atoms. The maximum Gasteiger partial charge on any atom is 0.217 e. The van der Waals surface area contributed by atoms with Gasteiger partial charge in [-0.1, -0.05) is 0 Å². The van der Waals surface area contributed by atoms with Crippen LogP contribution in [0.15, 0.2) is 22.8 Å². The van der Waals surface area contributed by atoms with Crippen LogP contribution in [0.1, 0.15) is 37.0 Å². The Morgan fingerprint density at radius 3 is 2.83 bits per heavy atom. The summed E-state index contributed by atoms with van der Waals surface area (Å²) in [6.45, 7) is -0.513. The summed E-state index contributed by atoms with van der Waals surface area (Å²) in [6.07, 6.45) is 2.32. The highest BCUT2D eigenvalue weighted by Crippen LogP contribution is 2.47. The summed E-state index contributed by atoms with van der Waals surface area (Å²) < 4.78 is 44.6. The van der Waals surface area contributed by atoms with Gasteiger partial charge in [-0.15, -0.1) is 5.10 Å². The van der Waals surface area contributed by atoms with E-state index in [1.807, 2.05) is 0 Å². The zero-order valence-corrected chi connectivity index (χ0v) is 13.7. The molecule has 24 heavy (non-hydrogen) atoms. The molecule has 130 valence electrons. The Kier molecular flexibility index (Phi) is 3.54. The molecular weight excluding hydrogens is 337 g/mol. The maximum absolute atomic E-state index is 14.1. The van der Waals surface area contributed by atoms with E-state index in [4.69, 9.17) is 9.52 Å². The molecule has 9 heteroatoms. The first-order chi connectivity index (χ1) is 11.4. The quantitative estimate of drug-likeness (QED) is 0.892. The Bertz CT molecular complexity index is 840. The number of hydrogen-bond donors (Lipinski definition) is 1. The summed E-state index contributed by atoms with van der Waals surface area (Å²) in [4.78, 5) is 4.48. The van der Waals surface area contributed by atoms with Crippen LogP contribution in [0.4, 0.5) is 4.39 Å². The van der Waals surface area contributed by atoms with Crippen LogP contribution in [-0.2, 0) is 9.84 Å². The van der Waals surface area contributed by atoms with E-state index >= 15 is 0 Å². The van der Waals surface area contributed by atoms with E-state index in [0.29, 0.717) is 23.8 Å². The Balaban J connectivity index is 1.69. The molecule has 1 atom stereocenters. The number of alkyl halides is 1. The van der Waals surface area contributed by atoms with Gasteiger partial charge in [0.15, 0.2) is 15.6 Å². The summed E-state index contributed by atoms with van der Waals surface area (Å²) in [5.41, 5.74) is -1.58. The lowest BCUT2D eigenvalue weighted by Crippen LogP contribution is -2.42. The molecule has 1 aliphatic carbocycles. The number of aliphatic hydroxyl groups is 1. The van der Waals surface area contributed by atoms with Gasteiger partial charge in [0.2, 0.25) is 5.82 Å². The minimum absolute atomic E-state index is 0.0223. The summed E-state index contributed by atoms with van der Waals surface area (Å²) in [7, 11) is -3.07. The van der Waals surface area contributed by atoms with Crippen molar-refractivity contribution in [2.75, 3.05) is 18.1 Å². The summed E-state index contributed by atoms with van der Waals surface area (Å²) in [6, 6.07) is 3.16. The number of halogens is 1. The van der Waals surface area contributed by atoms with E-state index in [-0.39, 0.29) is 36.3 Å². The molecular formula is C15H18FN3O4S. The monoisotopic (exact) mass is 355 g/mol. The molecule has 0 aromatic carbocycles. The van der Waals surface area contributed by atoms with Gasteiger partial charge >= 0.3 is 0 Å². The summed E-state index contributed by atoms with van der Waals surface area (Å²) in [5, 5.41) is 13.5. The van der Waals surface area contributed by atoms with E-state index < -0.39 is 22.1 Å². The van der Waals surface area contributed by atoms with Gasteiger partial charge in [-0.25, -0.2) is 22.5 Å². The van der Waals surface area contributed by atoms with E-state index in [0.717, 1.165) is 0 Å². The van der Waals surface area contributed by atoms with Crippen LogP contribution in [0.3, 0.4) is 0 Å². The number of aromatic nitrogens is 3. The molecule has 3 heterocycles. The Morgan fingerprint density at radius 2 is 2.25 bits per heavy atom. The second-order valence-corrected chi connectivity index (χ2v) is 8.92. The molecule has 0 radical (unpaired) electrons. The molecule has 7 nitrogen and oxygen atoms in total. The van der Waals surface area contributed by atoms with Crippen LogP contribution in [0.25, 0.3) is 11.6 Å². The molecule has 1 saturated carbocycles. The molecule has 1 N–H and O–H groups in total. The number of rotatable bonds is 4. The van der Waals surface area contributed by atoms with Gasteiger partial charge in [0.1, 0.15) is 11.5 Å².